The molecule has 1 aliphatic heterocycles. The molecule has 1 aromatic rings. The summed E-state index contributed by atoms with van der Waals surface area (Å²) in [4.78, 5) is 11.3. The fourth-order valence-electron chi connectivity index (χ4n) is 1.48. The Balaban J connectivity index is 1.99. The minimum absolute atomic E-state index is 0.335. The molecule has 0 bridgehead atoms. The van der Waals surface area contributed by atoms with E-state index in [1.54, 1.807) is 11.3 Å². The zero-order valence-electron chi connectivity index (χ0n) is 7.93. The van der Waals surface area contributed by atoms with Gasteiger partial charge in [0, 0.05) is 11.9 Å². The first-order valence-electron chi connectivity index (χ1n) is 4.63. The first kappa shape index (κ1) is 10.2. The lowest BCUT2D eigenvalue weighted by molar-refractivity contribution is 0.112. The summed E-state index contributed by atoms with van der Waals surface area (Å²) in [7, 11) is 0. The van der Waals surface area contributed by atoms with Crippen LogP contribution >= 0.6 is 23.1 Å². The normalized spacial score (nSPS) is 26.6. The molecule has 0 N–H and O–H groups in total. The second-order valence-electron chi connectivity index (χ2n) is 3.30. The van der Waals surface area contributed by atoms with Crippen molar-refractivity contribution in [2.75, 3.05) is 6.61 Å². The highest BCUT2D eigenvalue weighted by Crippen LogP contribution is 2.35. The Bertz CT molecular complexity index is 322. The molecule has 1 saturated heterocycles. The molecular weight excluding hydrogens is 216 g/mol. The fourth-order valence-corrected chi connectivity index (χ4v) is 3.81. The van der Waals surface area contributed by atoms with Crippen molar-refractivity contribution in [3.8, 4) is 0 Å². The Hall–Kier alpha value is -0.320. The molecule has 2 nitrogen and oxygen atoms in total. The Morgan fingerprint density at radius 2 is 2.50 bits per heavy atom. The van der Waals surface area contributed by atoms with Crippen LogP contribution in [0.4, 0.5) is 0 Å². The van der Waals surface area contributed by atoms with Crippen LogP contribution in [0.15, 0.2) is 16.3 Å². The molecule has 2 atom stereocenters. The van der Waals surface area contributed by atoms with Gasteiger partial charge < -0.3 is 4.74 Å². The van der Waals surface area contributed by atoms with E-state index in [-0.39, 0.29) is 0 Å². The van der Waals surface area contributed by atoms with E-state index in [0.717, 1.165) is 24.2 Å². The Morgan fingerprint density at radius 1 is 1.64 bits per heavy atom. The number of carbonyl (C=O) groups excluding carboxylic acids is 1. The maximum absolute atomic E-state index is 10.5. The smallest absolute Gasteiger partial charge is 0.160 e. The summed E-state index contributed by atoms with van der Waals surface area (Å²) < 4.78 is 6.70. The summed E-state index contributed by atoms with van der Waals surface area (Å²) in [5.41, 5.74) is 0. The number of aldehydes is 1. The summed E-state index contributed by atoms with van der Waals surface area (Å²) in [5.74, 6) is 0. The van der Waals surface area contributed by atoms with Crippen LogP contribution in [0.1, 0.15) is 23.0 Å². The predicted molar refractivity (Wildman–Crippen MR) is 59.4 cm³/mol. The van der Waals surface area contributed by atoms with Gasteiger partial charge in [0.05, 0.1) is 15.2 Å². The van der Waals surface area contributed by atoms with Crippen LogP contribution in [0.3, 0.4) is 0 Å². The van der Waals surface area contributed by atoms with Crippen molar-refractivity contribution in [2.45, 2.75) is 28.9 Å². The van der Waals surface area contributed by atoms with E-state index in [9.17, 15) is 4.79 Å². The van der Waals surface area contributed by atoms with Crippen molar-refractivity contribution >= 4 is 29.4 Å². The quantitative estimate of drug-likeness (QED) is 0.744. The largest absolute Gasteiger partial charge is 0.377 e. The number of hydrogen-bond donors (Lipinski definition) is 0. The van der Waals surface area contributed by atoms with Crippen molar-refractivity contribution in [3.63, 3.8) is 0 Å². The van der Waals surface area contributed by atoms with Crippen LogP contribution in [0.2, 0.25) is 0 Å². The van der Waals surface area contributed by atoms with E-state index >= 15 is 0 Å². The molecule has 2 unspecified atom stereocenters. The Labute approximate surface area is 91.7 Å². The summed E-state index contributed by atoms with van der Waals surface area (Å²) in [6.45, 7) is 2.98. The monoisotopic (exact) mass is 228 g/mol. The highest BCUT2D eigenvalue weighted by atomic mass is 32.2. The molecule has 1 fully saturated rings. The van der Waals surface area contributed by atoms with E-state index in [1.807, 2.05) is 23.9 Å². The van der Waals surface area contributed by atoms with Gasteiger partial charge in [-0.1, -0.05) is 0 Å². The molecule has 0 spiro atoms. The molecule has 0 radical (unpaired) electrons. The van der Waals surface area contributed by atoms with Crippen LogP contribution in [0, 0.1) is 0 Å². The van der Waals surface area contributed by atoms with E-state index in [2.05, 4.69) is 6.92 Å². The van der Waals surface area contributed by atoms with Gasteiger partial charge in [-0.2, -0.15) is 0 Å². The minimum atomic E-state index is 0.335. The molecule has 76 valence electrons. The molecule has 4 heteroatoms. The van der Waals surface area contributed by atoms with Gasteiger partial charge in [0.1, 0.15) is 0 Å². The van der Waals surface area contributed by atoms with Crippen LogP contribution in [0.25, 0.3) is 0 Å². The summed E-state index contributed by atoms with van der Waals surface area (Å²) in [6.07, 6.45) is 2.35. The highest BCUT2D eigenvalue weighted by Gasteiger charge is 2.25. The fraction of sp³-hybridized carbons (Fsp3) is 0.500. The van der Waals surface area contributed by atoms with Gasteiger partial charge in [-0.25, -0.2) is 0 Å². The standard InChI is InChI=1S/C10H12O2S2/c1-7-9(4-5-12-7)14-10-3-2-8(6-11)13-10/h2-3,6-7,9H,4-5H2,1H3. The van der Waals surface area contributed by atoms with E-state index in [0.29, 0.717) is 11.4 Å². The second-order valence-corrected chi connectivity index (χ2v) is 5.95. The molecule has 0 aromatic carbocycles. The zero-order valence-corrected chi connectivity index (χ0v) is 9.57. The van der Waals surface area contributed by atoms with Crippen LogP contribution in [0.5, 0.6) is 0 Å². The molecule has 2 heterocycles. The average molecular weight is 228 g/mol. The summed E-state index contributed by atoms with van der Waals surface area (Å²) in [5, 5.41) is 0.549. The molecule has 1 aliphatic rings. The van der Waals surface area contributed by atoms with Gasteiger partial charge in [0.15, 0.2) is 6.29 Å². The topological polar surface area (TPSA) is 26.3 Å². The predicted octanol–water partition coefficient (Wildman–Crippen LogP) is 2.83. The first-order chi connectivity index (χ1) is 6.79. The van der Waals surface area contributed by atoms with Gasteiger partial charge in [-0.15, -0.1) is 23.1 Å². The van der Waals surface area contributed by atoms with Crippen molar-refractivity contribution in [1.29, 1.82) is 0 Å². The number of carbonyl (C=O) groups is 1. The number of ether oxygens (including phenoxy) is 1. The Kier molecular flexibility index (Phi) is 3.26. The van der Waals surface area contributed by atoms with E-state index in [4.69, 9.17) is 4.74 Å². The zero-order chi connectivity index (χ0) is 9.97. The highest BCUT2D eigenvalue weighted by molar-refractivity contribution is 8.01. The van der Waals surface area contributed by atoms with Crippen molar-refractivity contribution < 1.29 is 9.53 Å². The molecule has 0 amide bonds. The number of hydrogen-bond acceptors (Lipinski definition) is 4. The molecule has 2 rings (SSSR count). The van der Waals surface area contributed by atoms with E-state index < -0.39 is 0 Å². The lowest BCUT2D eigenvalue weighted by Gasteiger charge is -2.11. The van der Waals surface area contributed by atoms with Crippen LogP contribution in [-0.4, -0.2) is 24.2 Å². The van der Waals surface area contributed by atoms with Crippen molar-refractivity contribution in [1.82, 2.24) is 0 Å². The lowest BCUT2D eigenvalue weighted by Crippen LogP contribution is -2.12. The van der Waals surface area contributed by atoms with Gasteiger partial charge >= 0.3 is 0 Å². The molecule has 0 saturated carbocycles. The van der Waals surface area contributed by atoms with Crippen LogP contribution < -0.4 is 0 Å². The molecule has 0 aliphatic carbocycles. The van der Waals surface area contributed by atoms with Gasteiger partial charge in [0.25, 0.3) is 0 Å². The van der Waals surface area contributed by atoms with Crippen molar-refractivity contribution in [3.05, 3.63) is 17.0 Å². The maximum atomic E-state index is 10.5. The number of rotatable bonds is 3. The molecule has 1 aromatic heterocycles. The van der Waals surface area contributed by atoms with Gasteiger partial charge in [-0.05, 0) is 25.5 Å². The van der Waals surface area contributed by atoms with Crippen molar-refractivity contribution in [2.24, 2.45) is 0 Å². The third-order valence-electron chi connectivity index (χ3n) is 2.29. The number of thiophene rings is 1. The van der Waals surface area contributed by atoms with Crippen LogP contribution in [-0.2, 0) is 4.74 Å². The van der Waals surface area contributed by atoms with E-state index in [1.165, 1.54) is 4.21 Å². The summed E-state index contributed by atoms with van der Waals surface area (Å²) >= 11 is 3.39. The first-order valence-corrected chi connectivity index (χ1v) is 6.32. The SMILES string of the molecule is CC1OCCC1Sc1ccc(C=O)s1. The summed E-state index contributed by atoms with van der Waals surface area (Å²) in [6, 6.07) is 3.89. The average Bonchev–Trinajstić information content (AvgIpc) is 2.77. The molecular formula is C10H12O2S2. The van der Waals surface area contributed by atoms with Gasteiger partial charge in [-0.3, -0.25) is 4.79 Å². The molecule has 14 heavy (non-hydrogen) atoms. The minimum Gasteiger partial charge on any atom is -0.377 e. The second kappa shape index (κ2) is 4.47. The van der Waals surface area contributed by atoms with Gasteiger partial charge in [0.2, 0.25) is 0 Å². The lowest BCUT2D eigenvalue weighted by atomic mass is 10.3. The number of thioether (sulfide) groups is 1. The third-order valence-corrected chi connectivity index (χ3v) is 4.93. The Morgan fingerprint density at radius 3 is 3.07 bits per heavy atom. The maximum Gasteiger partial charge on any atom is 0.160 e. The third kappa shape index (κ3) is 2.19.